The number of hydrogen-bond donors (Lipinski definition) is 1. The molecule has 0 aliphatic carbocycles. The van der Waals surface area contributed by atoms with Gasteiger partial charge in [0, 0.05) is 19.6 Å². The first-order valence-corrected chi connectivity index (χ1v) is 4.84. The minimum absolute atomic E-state index is 0.0566. The average Bonchev–Trinajstić information content (AvgIpc) is 2.13. The second-order valence-corrected chi connectivity index (χ2v) is 3.39. The Morgan fingerprint density at radius 3 is 2.54 bits per heavy atom. The zero-order valence-corrected chi connectivity index (χ0v) is 8.75. The van der Waals surface area contributed by atoms with E-state index in [1.807, 2.05) is 13.8 Å². The molecule has 1 N–H and O–H groups in total. The average molecular weight is 188 g/mol. The summed E-state index contributed by atoms with van der Waals surface area (Å²) in [6, 6.07) is 0. The number of Topliss-reactive ketones (excluding diaryl/α,β-unsaturated/α-hetero) is 1. The molecule has 0 aromatic heterocycles. The van der Waals surface area contributed by atoms with Gasteiger partial charge < -0.3 is 9.84 Å². The number of hydrogen-bond acceptors (Lipinski definition) is 3. The molecular weight excluding hydrogens is 168 g/mol. The molecule has 2 unspecified atom stereocenters. The fourth-order valence-electron chi connectivity index (χ4n) is 1.18. The summed E-state index contributed by atoms with van der Waals surface area (Å²) in [5.74, 6) is -0.152. The van der Waals surface area contributed by atoms with E-state index in [2.05, 4.69) is 0 Å². The van der Waals surface area contributed by atoms with Crippen LogP contribution >= 0.6 is 0 Å². The van der Waals surface area contributed by atoms with E-state index in [4.69, 9.17) is 4.74 Å². The lowest BCUT2D eigenvalue weighted by Crippen LogP contribution is -2.27. The van der Waals surface area contributed by atoms with Crippen molar-refractivity contribution in [2.24, 2.45) is 5.92 Å². The zero-order valence-electron chi connectivity index (χ0n) is 8.75. The molecule has 2 atom stereocenters. The maximum atomic E-state index is 11.4. The number of methoxy groups -OCH3 is 1. The van der Waals surface area contributed by atoms with Gasteiger partial charge in [-0.1, -0.05) is 20.3 Å². The molecule has 0 aliphatic heterocycles. The van der Waals surface area contributed by atoms with Crippen LogP contribution in [0.1, 0.15) is 33.1 Å². The predicted octanol–water partition coefficient (Wildman–Crippen LogP) is 1.39. The van der Waals surface area contributed by atoms with Crippen LogP contribution in [-0.2, 0) is 9.53 Å². The number of ether oxygens (including phenoxy) is 1. The smallest absolute Gasteiger partial charge is 0.164 e. The molecule has 13 heavy (non-hydrogen) atoms. The van der Waals surface area contributed by atoms with Crippen molar-refractivity contribution in [1.29, 1.82) is 0 Å². The first-order chi connectivity index (χ1) is 6.13. The van der Waals surface area contributed by atoms with Crippen LogP contribution in [0.2, 0.25) is 0 Å². The van der Waals surface area contributed by atoms with E-state index in [1.165, 1.54) is 0 Å². The summed E-state index contributed by atoms with van der Waals surface area (Å²) in [7, 11) is 1.61. The first kappa shape index (κ1) is 12.6. The molecule has 0 bridgehead atoms. The minimum atomic E-state index is -0.781. The number of carbonyl (C=O) groups is 1. The maximum Gasteiger partial charge on any atom is 0.164 e. The van der Waals surface area contributed by atoms with Crippen LogP contribution in [0.4, 0.5) is 0 Å². The van der Waals surface area contributed by atoms with Gasteiger partial charge in [-0.3, -0.25) is 4.79 Å². The normalized spacial score (nSPS) is 15.4. The molecular formula is C10H20O3. The van der Waals surface area contributed by atoms with E-state index in [0.717, 1.165) is 6.42 Å². The van der Waals surface area contributed by atoms with Gasteiger partial charge in [0.15, 0.2) is 5.78 Å². The lowest BCUT2D eigenvalue weighted by molar-refractivity contribution is -0.131. The Bertz CT molecular complexity index is 145. The highest BCUT2D eigenvalue weighted by molar-refractivity contribution is 5.84. The van der Waals surface area contributed by atoms with Gasteiger partial charge in [-0.05, 0) is 12.8 Å². The summed E-state index contributed by atoms with van der Waals surface area (Å²) < 4.78 is 4.87. The fraction of sp³-hybridized carbons (Fsp3) is 0.900. The van der Waals surface area contributed by atoms with Gasteiger partial charge in [0.2, 0.25) is 0 Å². The molecule has 78 valence electrons. The van der Waals surface area contributed by atoms with Gasteiger partial charge in [0.25, 0.3) is 0 Å². The van der Waals surface area contributed by atoms with Crippen molar-refractivity contribution in [3.8, 4) is 0 Å². The number of ketones is 1. The Morgan fingerprint density at radius 1 is 1.46 bits per heavy atom. The molecule has 0 fully saturated rings. The van der Waals surface area contributed by atoms with Gasteiger partial charge in [0.05, 0.1) is 0 Å². The quantitative estimate of drug-likeness (QED) is 0.656. The highest BCUT2D eigenvalue weighted by Gasteiger charge is 2.20. The van der Waals surface area contributed by atoms with Crippen molar-refractivity contribution in [3.63, 3.8) is 0 Å². The van der Waals surface area contributed by atoms with E-state index in [9.17, 15) is 9.90 Å². The summed E-state index contributed by atoms with van der Waals surface area (Å²) in [6.45, 7) is 4.36. The number of carbonyl (C=O) groups excluding carboxylic acids is 1. The topological polar surface area (TPSA) is 46.5 Å². The van der Waals surface area contributed by atoms with Crippen LogP contribution in [0.15, 0.2) is 0 Å². The highest BCUT2D eigenvalue weighted by atomic mass is 16.5. The predicted molar refractivity (Wildman–Crippen MR) is 51.6 cm³/mol. The molecule has 0 rings (SSSR count). The molecule has 3 nitrogen and oxygen atoms in total. The SMILES string of the molecule is CCCC(O)C(=O)C(C)CCOC. The molecule has 0 radical (unpaired) electrons. The molecule has 0 saturated heterocycles. The summed E-state index contributed by atoms with van der Waals surface area (Å²) in [5.41, 5.74) is 0. The van der Waals surface area contributed by atoms with Crippen molar-refractivity contribution < 1.29 is 14.6 Å². The Balaban J connectivity index is 3.79. The molecule has 0 spiro atoms. The Kier molecular flexibility index (Phi) is 6.82. The van der Waals surface area contributed by atoms with Crippen molar-refractivity contribution in [1.82, 2.24) is 0 Å². The van der Waals surface area contributed by atoms with E-state index in [1.54, 1.807) is 7.11 Å². The third-order valence-electron chi connectivity index (χ3n) is 2.13. The van der Waals surface area contributed by atoms with Gasteiger partial charge in [-0.2, -0.15) is 0 Å². The monoisotopic (exact) mass is 188 g/mol. The van der Waals surface area contributed by atoms with E-state index in [-0.39, 0.29) is 11.7 Å². The zero-order chi connectivity index (χ0) is 10.3. The van der Waals surface area contributed by atoms with Gasteiger partial charge in [-0.15, -0.1) is 0 Å². The summed E-state index contributed by atoms with van der Waals surface area (Å²) in [4.78, 5) is 11.4. The van der Waals surface area contributed by atoms with Crippen LogP contribution in [0.5, 0.6) is 0 Å². The van der Waals surface area contributed by atoms with Gasteiger partial charge >= 0.3 is 0 Å². The molecule has 0 saturated carbocycles. The molecule has 0 aromatic rings. The van der Waals surface area contributed by atoms with Crippen molar-refractivity contribution in [2.75, 3.05) is 13.7 Å². The second-order valence-electron chi connectivity index (χ2n) is 3.39. The number of aliphatic hydroxyl groups is 1. The maximum absolute atomic E-state index is 11.4. The third kappa shape index (κ3) is 5.01. The lowest BCUT2D eigenvalue weighted by Gasteiger charge is -2.14. The van der Waals surface area contributed by atoms with E-state index < -0.39 is 6.10 Å². The van der Waals surface area contributed by atoms with Crippen molar-refractivity contribution in [2.45, 2.75) is 39.2 Å². The molecule has 0 aliphatic rings. The van der Waals surface area contributed by atoms with Crippen LogP contribution in [0.3, 0.4) is 0 Å². The van der Waals surface area contributed by atoms with Crippen LogP contribution in [0.25, 0.3) is 0 Å². The van der Waals surface area contributed by atoms with Crippen LogP contribution in [-0.4, -0.2) is 30.7 Å². The Hall–Kier alpha value is -0.410. The highest BCUT2D eigenvalue weighted by Crippen LogP contribution is 2.09. The molecule has 0 amide bonds. The van der Waals surface area contributed by atoms with Crippen LogP contribution < -0.4 is 0 Å². The van der Waals surface area contributed by atoms with Gasteiger partial charge in [0.1, 0.15) is 6.10 Å². The van der Waals surface area contributed by atoms with E-state index in [0.29, 0.717) is 19.4 Å². The number of rotatable bonds is 7. The molecule has 3 heteroatoms. The number of aliphatic hydroxyl groups excluding tert-OH is 1. The Labute approximate surface area is 80.1 Å². The van der Waals surface area contributed by atoms with Crippen molar-refractivity contribution >= 4 is 5.78 Å². The van der Waals surface area contributed by atoms with Crippen molar-refractivity contribution in [3.05, 3.63) is 0 Å². The molecule has 0 aromatic carbocycles. The van der Waals surface area contributed by atoms with E-state index >= 15 is 0 Å². The summed E-state index contributed by atoms with van der Waals surface area (Å²) >= 11 is 0. The largest absolute Gasteiger partial charge is 0.385 e. The summed E-state index contributed by atoms with van der Waals surface area (Å²) in [6.07, 6.45) is 1.31. The molecule has 0 heterocycles. The second kappa shape index (κ2) is 7.04. The minimum Gasteiger partial charge on any atom is -0.385 e. The Morgan fingerprint density at radius 2 is 2.08 bits per heavy atom. The van der Waals surface area contributed by atoms with Gasteiger partial charge in [-0.25, -0.2) is 0 Å². The lowest BCUT2D eigenvalue weighted by atomic mass is 9.96. The first-order valence-electron chi connectivity index (χ1n) is 4.84. The summed E-state index contributed by atoms with van der Waals surface area (Å²) in [5, 5.41) is 9.40. The van der Waals surface area contributed by atoms with Crippen LogP contribution in [0, 0.1) is 5.92 Å². The standard InChI is InChI=1S/C10H20O3/c1-4-5-9(11)10(12)8(2)6-7-13-3/h8-9,11H,4-7H2,1-3H3. The fourth-order valence-corrected chi connectivity index (χ4v) is 1.18. The third-order valence-corrected chi connectivity index (χ3v) is 2.13.